The molecule has 6 rings (SSSR count). The van der Waals surface area contributed by atoms with Crippen molar-refractivity contribution in [2.75, 3.05) is 13.2 Å². The van der Waals surface area contributed by atoms with Gasteiger partial charge in [-0.2, -0.15) is 0 Å². The molecule has 4 atom stereocenters. The van der Waals surface area contributed by atoms with E-state index in [2.05, 4.69) is 19.1 Å². The van der Waals surface area contributed by atoms with E-state index in [1.807, 2.05) is 0 Å². The van der Waals surface area contributed by atoms with Crippen LogP contribution >= 0.6 is 0 Å². The summed E-state index contributed by atoms with van der Waals surface area (Å²) >= 11 is 0. The predicted octanol–water partition coefficient (Wildman–Crippen LogP) is 3.46. The fourth-order valence-corrected chi connectivity index (χ4v) is 6.98. The Hall–Kier alpha value is -0.970. The molecule has 0 aromatic heterocycles. The Morgan fingerprint density at radius 2 is 1.96 bits per heavy atom. The van der Waals surface area contributed by atoms with E-state index >= 15 is 0 Å². The third-order valence-corrected chi connectivity index (χ3v) is 8.18. The fraction of sp³-hybridized carbons (Fsp3) is 0.762. The zero-order valence-electron chi connectivity index (χ0n) is 14.9. The van der Waals surface area contributed by atoms with Crippen molar-refractivity contribution in [2.45, 2.75) is 75.3 Å². The van der Waals surface area contributed by atoms with E-state index < -0.39 is 5.79 Å². The molecule has 0 N–H and O–H groups in total. The summed E-state index contributed by atoms with van der Waals surface area (Å²) in [6, 6.07) is 0. The highest BCUT2D eigenvalue weighted by Gasteiger charge is 2.69. The van der Waals surface area contributed by atoms with Crippen LogP contribution in [0.25, 0.3) is 0 Å². The number of ether oxygens (including phenoxy) is 3. The first-order valence-electron chi connectivity index (χ1n) is 9.98. The van der Waals surface area contributed by atoms with Crippen LogP contribution in [0.1, 0.15) is 58.3 Å². The summed E-state index contributed by atoms with van der Waals surface area (Å²) in [5.41, 5.74) is 1.82. The van der Waals surface area contributed by atoms with E-state index in [0.29, 0.717) is 31.3 Å². The third kappa shape index (κ3) is 1.59. The Labute approximate surface area is 148 Å². The molecule has 4 fully saturated rings. The summed E-state index contributed by atoms with van der Waals surface area (Å²) in [5.74, 6) is 0.207. The summed E-state index contributed by atoms with van der Waals surface area (Å²) in [6.07, 6.45) is 12.3. The Kier molecular flexibility index (Phi) is 2.70. The van der Waals surface area contributed by atoms with Crippen LogP contribution in [0.5, 0.6) is 0 Å². The first-order valence-corrected chi connectivity index (χ1v) is 9.98. The second-order valence-corrected chi connectivity index (χ2v) is 9.14. The van der Waals surface area contributed by atoms with Gasteiger partial charge in [0.25, 0.3) is 0 Å². The van der Waals surface area contributed by atoms with Crippen molar-refractivity contribution in [3.05, 3.63) is 23.3 Å². The Morgan fingerprint density at radius 1 is 1.12 bits per heavy atom. The van der Waals surface area contributed by atoms with Gasteiger partial charge in [0, 0.05) is 29.7 Å². The minimum absolute atomic E-state index is 0.229. The van der Waals surface area contributed by atoms with Gasteiger partial charge >= 0.3 is 0 Å². The summed E-state index contributed by atoms with van der Waals surface area (Å²) in [4.78, 5) is 12.6. The molecule has 3 heterocycles. The van der Waals surface area contributed by atoms with Crippen molar-refractivity contribution in [2.24, 2.45) is 11.3 Å². The maximum absolute atomic E-state index is 12.6. The maximum atomic E-state index is 12.6. The average molecular weight is 342 g/mol. The SMILES string of the molecule is C[C@]12CC=C3C=C4C5(CCC[C@]46CC[C@]3(O6)[C@@H]1CCC2=O)OCCO5. The molecule has 3 aliphatic carbocycles. The monoisotopic (exact) mass is 342 g/mol. The van der Waals surface area contributed by atoms with Gasteiger partial charge in [-0.05, 0) is 50.2 Å². The van der Waals surface area contributed by atoms with Crippen LogP contribution in [0.3, 0.4) is 0 Å². The van der Waals surface area contributed by atoms with Gasteiger partial charge in [0.05, 0.1) is 24.4 Å². The van der Waals surface area contributed by atoms with Gasteiger partial charge in [0.15, 0.2) is 5.79 Å². The van der Waals surface area contributed by atoms with Crippen LogP contribution in [-0.2, 0) is 19.0 Å². The third-order valence-electron chi connectivity index (χ3n) is 8.18. The molecule has 4 nitrogen and oxygen atoms in total. The van der Waals surface area contributed by atoms with E-state index in [4.69, 9.17) is 14.2 Å². The van der Waals surface area contributed by atoms with E-state index in [1.165, 1.54) is 11.1 Å². The van der Waals surface area contributed by atoms with Gasteiger partial charge < -0.3 is 14.2 Å². The lowest BCUT2D eigenvalue weighted by molar-refractivity contribution is -0.199. The van der Waals surface area contributed by atoms with Gasteiger partial charge in [-0.1, -0.05) is 13.0 Å². The summed E-state index contributed by atoms with van der Waals surface area (Å²) in [6.45, 7) is 3.52. The number of hydrogen-bond acceptors (Lipinski definition) is 4. The summed E-state index contributed by atoms with van der Waals surface area (Å²) < 4.78 is 19.3. The van der Waals surface area contributed by atoms with Crippen LogP contribution < -0.4 is 0 Å². The number of carbonyl (C=O) groups excluding carboxylic acids is 1. The molecule has 134 valence electrons. The molecule has 6 aliphatic rings. The van der Waals surface area contributed by atoms with Gasteiger partial charge in [-0.15, -0.1) is 0 Å². The Morgan fingerprint density at radius 3 is 2.80 bits per heavy atom. The zero-order valence-corrected chi connectivity index (χ0v) is 14.9. The van der Waals surface area contributed by atoms with E-state index in [1.54, 1.807) is 0 Å². The number of allylic oxidation sites excluding steroid dienone is 1. The minimum atomic E-state index is -0.554. The van der Waals surface area contributed by atoms with Crippen molar-refractivity contribution < 1.29 is 19.0 Å². The molecule has 0 aromatic rings. The van der Waals surface area contributed by atoms with Crippen LogP contribution in [0.15, 0.2) is 23.3 Å². The average Bonchev–Trinajstić information content (AvgIpc) is 3.26. The number of rotatable bonds is 0. The van der Waals surface area contributed by atoms with Crippen LogP contribution in [0.4, 0.5) is 0 Å². The standard InChI is InChI=1S/C21H26O4/c1-18-8-5-14-13-16-19(6-2-7-21(16)23-11-12-24-21)9-10-20(14,25-19)15(18)3-4-17(18)22/h5,13,15H,2-4,6-12H2,1H3/t15-,18+,19+,20-/m1/s1. The van der Waals surface area contributed by atoms with E-state index in [-0.39, 0.29) is 16.6 Å². The van der Waals surface area contributed by atoms with Crippen molar-refractivity contribution in [3.63, 3.8) is 0 Å². The Balaban J connectivity index is 1.53. The van der Waals surface area contributed by atoms with Crippen LogP contribution in [0, 0.1) is 11.3 Å². The lowest BCUT2D eigenvalue weighted by atomic mass is 9.61. The molecule has 2 saturated heterocycles. The predicted molar refractivity (Wildman–Crippen MR) is 90.9 cm³/mol. The first kappa shape index (κ1) is 15.1. The summed E-state index contributed by atoms with van der Waals surface area (Å²) in [5, 5.41) is 0. The molecule has 3 aliphatic heterocycles. The van der Waals surface area contributed by atoms with Crippen molar-refractivity contribution >= 4 is 5.78 Å². The quantitative estimate of drug-likeness (QED) is 0.676. The minimum Gasteiger partial charge on any atom is -0.359 e. The fourth-order valence-electron chi connectivity index (χ4n) is 6.98. The largest absolute Gasteiger partial charge is 0.359 e. The van der Waals surface area contributed by atoms with E-state index in [9.17, 15) is 4.79 Å². The van der Waals surface area contributed by atoms with E-state index in [0.717, 1.165) is 44.9 Å². The number of hydrogen-bond donors (Lipinski definition) is 0. The topological polar surface area (TPSA) is 44.8 Å². The molecule has 25 heavy (non-hydrogen) atoms. The molecular formula is C21H26O4. The summed E-state index contributed by atoms with van der Waals surface area (Å²) in [7, 11) is 0. The van der Waals surface area contributed by atoms with Crippen molar-refractivity contribution in [1.29, 1.82) is 0 Å². The molecule has 4 heteroatoms. The van der Waals surface area contributed by atoms with Crippen LogP contribution in [-0.4, -0.2) is 36.0 Å². The smallest absolute Gasteiger partial charge is 0.194 e. The molecule has 0 unspecified atom stereocenters. The molecule has 0 radical (unpaired) electrons. The highest BCUT2D eigenvalue weighted by Crippen LogP contribution is 2.67. The number of ketones is 1. The van der Waals surface area contributed by atoms with Crippen molar-refractivity contribution in [3.8, 4) is 0 Å². The number of fused-ring (bicyclic) bond motifs is 2. The van der Waals surface area contributed by atoms with Gasteiger partial charge in [-0.25, -0.2) is 0 Å². The normalized spacial score (nSPS) is 49.5. The molecule has 0 amide bonds. The molecule has 2 bridgehead atoms. The van der Waals surface area contributed by atoms with Crippen LogP contribution in [0.2, 0.25) is 0 Å². The first-order chi connectivity index (χ1) is 12.0. The van der Waals surface area contributed by atoms with Crippen molar-refractivity contribution in [1.82, 2.24) is 0 Å². The van der Waals surface area contributed by atoms with Gasteiger partial charge in [-0.3, -0.25) is 4.79 Å². The zero-order chi connectivity index (χ0) is 16.9. The second-order valence-electron chi connectivity index (χ2n) is 9.14. The van der Waals surface area contributed by atoms with Gasteiger partial charge in [0.1, 0.15) is 5.78 Å². The molecule has 0 aromatic carbocycles. The maximum Gasteiger partial charge on any atom is 0.194 e. The number of carbonyl (C=O) groups is 1. The van der Waals surface area contributed by atoms with Gasteiger partial charge in [0.2, 0.25) is 0 Å². The molecule has 3 spiro atoms. The highest BCUT2D eigenvalue weighted by atomic mass is 16.7. The highest BCUT2D eigenvalue weighted by molar-refractivity contribution is 5.88. The number of Topliss-reactive ketones (excluding diaryl/α,β-unsaturated/α-hetero) is 1. The Bertz CT molecular complexity index is 730. The molecular weight excluding hydrogens is 316 g/mol. The lowest BCUT2D eigenvalue weighted by Gasteiger charge is -2.54. The lowest BCUT2D eigenvalue weighted by Crippen LogP contribution is -2.57. The molecule has 2 saturated carbocycles. The second kappa shape index (κ2) is 4.47.